The molecule has 0 aliphatic carbocycles. The van der Waals surface area contributed by atoms with Gasteiger partial charge in [-0.3, -0.25) is 4.79 Å². The fraction of sp³-hybridized carbons (Fsp3) is 0.267. The Morgan fingerprint density at radius 3 is 2.72 bits per heavy atom. The van der Waals surface area contributed by atoms with Gasteiger partial charge >= 0.3 is 0 Å². The first-order valence-corrected chi connectivity index (χ1v) is 5.93. The van der Waals surface area contributed by atoms with Crippen LogP contribution >= 0.6 is 0 Å². The number of ether oxygens (including phenoxy) is 2. The molecule has 0 amide bonds. The Morgan fingerprint density at radius 2 is 2.06 bits per heavy atom. The predicted molar refractivity (Wildman–Crippen MR) is 71.2 cm³/mol. The summed E-state index contributed by atoms with van der Waals surface area (Å²) in [5.74, 6) is 0.759. The van der Waals surface area contributed by atoms with E-state index in [2.05, 4.69) is 13.0 Å². The zero-order chi connectivity index (χ0) is 13.0. The third kappa shape index (κ3) is 2.22. The van der Waals surface area contributed by atoms with E-state index in [0.717, 1.165) is 29.2 Å². The lowest BCUT2D eigenvalue weighted by atomic mass is 9.98. The zero-order valence-corrected chi connectivity index (χ0v) is 10.6. The average molecular weight is 244 g/mol. The van der Waals surface area contributed by atoms with E-state index in [1.807, 2.05) is 18.2 Å². The highest BCUT2D eigenvalue weighted by Gasteiger charge is 2.09. The van der Waals surface area contributed by atoms with Crippen LogP contribution in [0.4, 0.5) is 0 Å². The Hall–Kier alpha value is -1.87. The smallest absolute Gasteiger partial charge is 0.188 e. The van der Waals surface area contributed by atoms with Crippen LogP contribution in [0, 0.1) is 0 Å². The maximum absolute atomic E-state index is 11.1. The number of aldehydes is 1. The van der Waals surface area contributed by atoms with Crippen LogP contribution in [0.1, 0.15) is 22.8 Å². The van der Waals surface area contributed by atoms with Crippen LogP contribution in [-0.2, 0) is 11.2 Å². The Kier molecular flexibility index (Phi) is 3.95. The summed E-state index contributed by atoms with van der Waals surface area (Å²) >= 11 is 0. The molecule has 3 nitrogen and oxygen atoms in total. The van der Waals surface area contributed by atoms with Crippen molar-refractivity contribution in [2.75, 3.05) is 13.9 Å². The van der Waals surface area contributed by atoms with Gasteiger partial charge in [-0.05, 0) is 29.5 Å². The normalized spacial score (nSPS) is 10.6. The van der Waals surface area contributed by atoms with Gasteiger partial charge in [-0.1, -0.05) is 25.1 Å². The van der Waals surface area contributed by atoms with E-state index in [1.54, 1.807) is 13.2 Å². The Bertz CT molecular complexity index is 561. The molecule has 0 saturated heterocycles. The number of aryl methyl sites for hydroxylation is 1. The van der Waals surface area contributed by atoms with Crippen LogP contribution < -0.4 is 4.74 Å². The molecule has 0 spiro atoms. The molecule has 18 heavy (non-hydrogen) atoms. The van der Waals surface area contributed by atoms with Crippen molar-refractivity contribution in [3.63, 3.8) is 0 Å². The fourth-order valence-electron chi connectivity index (χ4n) is 2.11. The number of carbonyl (C=O) groups excluding carboxylic acids is 1. The molecule has 0 atom stereocenters. The second kappa shape index (κ2) is 5.65. The number of hydrogen-bond acceptors (Lipinski definition) is 3. The molecule has 0 N–H and O–H groups in total. The van der Waals surface area contributed by atoms with Gasteiger partial charge in [0.2, 0.25) is 0 Å². The third-order valence-corrected chi connectivity index (χ3v) is 2.96. The van der Waals surface area contributed by atoms with Crippen molar-refractivity contribution < 1.29 is 14.3 Å². The summed E-state index contributed by atoms with van der Waals surface area (Å²) in [5, 5.41) is 1.93. The lowest BCUT2D eigenvalue weighted by Crippen LogP contribution is -2.01. The Morgan fingerprint density at radius 1 is 1.22 bits per heavy atom. The van der Waals surface area contributed by atoms with Gasteiger partial charge in [-0.15, -0.1) is 0 Å². The van der Waals surface area contributed by atoms with Gasteiger partial charge in [0.25, 0.3) is 0 Å². The lowest BCUT2D eigenvalue weighted by molar-refractivity contribution is 0.0522. The molecular weight excluding hydrogens is 228 g/mol. The monoisotopic (exact) mass is 244 g/mol. The lowest BCUT2D eigenvalue weighted by Gasteiger charge is -2.12. The van der Waals surface area contributed by atoms with E-state index in [4.69, 9.17) is 9.47 Å². The summed E-state index contributed by atoms with van der Waals surface area (Å²) in [6.07, 6.45) is 1.77. The molecule has 0 heterocycles. The molecule has 94 valence electrons. The number of methoxy groups -OCH3 is 1. The first-order chi connectivity index (χ1) is 8.81. The van der Waals surface area contributed by atoms with E-state index >= 15 is 0 Å². The highest BCUT2D eigenvalue weighted by molar-refractivity contribution is 6.02. The van der Waals surface area contributed by atoms with Crippen LogP contribution in [0.3, 0.4) is 0 Å². The quantitative estimate of drug-likeness (QED) is 0.598. The van der Waals surface area contributed by atoms with Crippen molar-refractivity contribution in [2.24, 2.45) is 0 Å². The van der Waals surface area contributed by atoms with Crippen LogP contribution in [0.25, 0.3) is 10.8 Å². The summed E-state index contributed by atoms with van der Waals surface area (Å²) < 4.78 is 10.5. The van der Waals surface area contributed by atoms with Crippen LogP contribution in [0.15, 0.2) is 30.3 Å². The Balaban J connectivity index is 2.67. The van der Waals surface area contributed by atoms with Gasteiger partial charge < -0.3 is 9.47 Å². The number of rotatable bonds is 5. The van der Waals surface area contributed by atoms with Crippen molar-refractivity contribution in [3.8, 4) is 5.75 Å². The van der Waals surface area contributed by atoms with E-state index in [9.17, 15) is 4.79 Å². The summed E-state index contributed by atoms with van der Waals surface area (Å²) in [4.78, 5) is 11.1. The standard InChI is InChI=1S/C15H16O3/c1-3-11-5-4-6-13-12(9-16)7-8-14(15(11)13)18-10-17-2/h4-9H,3,10H2,1-2H3. The van der Waals surface area contributed by atoms with Gasteiger partial charge in [0, 0.05) is 18.1 Å². The van der Waals surface area contributed by atoms with E-state index in [0.29, 0.717) is 5.56 Å². The van der Waals surface area contributed by atoms with Crippen molar-refractivity contribution in [1.82, 2.24) is 0 Å². The minimum Gasteiger partial charge on any atom is -0.467 e. The largest absolute Gasteiger partial charge is 0.467 e. The average Bonchev–Trinajstić information content (AvgIpc) is 2.43. The topological polar surface area (TPSA) is 35.5 Å². The number of benzene rings is 2. The SMILES string of the molecule is CCc1cccc2c(C=O)ccc(OCOC)c12. The molecule has 2 aromatic rings. The highest BCUT2D eigenvalue weighted by Crippen LogP contribution is 2.31. The second-order valence-electron chi connectivity index (χ2n) is 4.01. The van der Waals surface area contributed by atoms with Crippen LogP contribution in [0.2, 0.25) is 0 Å². The first kappa shape index (κ1) is 12.6. The molecule has 0 fully saturated rings. The van der Waals surface area contributed by atoms with Crippen molar-refractivity contribution >= 4 is 17.1 Å². The van der Waals surface area contributed by atoms with Gasteiger partial charge in [0.1, 0.15) is 5.75 Å². The molecule has 0 saturated carbocycles. The van der Waals surface area contributed by atoms with Crippen molar-refractivity contribution in [3.05, 3.63) is 41.5 Å². The Labute approximate surface area is 106 Å². The van der Waals surface area contributed by atoms with E-state index in [1.165, 1.54) is 5.56 Å². The number of hydrogen-bond donors (Lipinski definition) is 0. The molecule has 3 heteroatoms. The summed E-state index contributed by atoms with van der Waals surface area (Å²) in [6.45, 7) is 2.29. The molecule has 0 aliphatic rings. The molecule has 0 aromatic heterocycles. The molecular formula is C15H16O3. The molecule has 2 aromatic carbocycles. The van der Waals surface area contributed by atoms with E-state index in [-0.39, 0.29) is 6.79 Å². The van der Waals surface area contributed by atoms with Crippen LogP contribution in [0.5, 0.6) is 5.75 Å². The van der Waals surface area contributed by atoms with Crippen LogP contribution in [-0.4, -0.2) is 20.2 Å². The number of fused-ring (bicyclic) bond motifs is 1. The second-order valence-corrected chi connectivity index (χ2v) is 4.01. The molecule has 0 bridgehead atoms. The summed E-state index contributed by atoms with van der Waals surface area (Å²) in [6, 6.07) is 9.56. The highest BCUT2D eigenvalue weighted by atomic mass is 16.7. The fourth-order valence-corrected chi connectivity index (χ4v) is 2.11. The zero-order valence-electron chi connectivity index (χ0n) is 10.6. The predicted octanol–water partition coefficient (Wildman–Crippen LogP) is 3.20. The molecule has 2 rings (SSSR count). The number of carbonyl (C=O) groups is 1. The first-order valence-electron chi connectivity index (χ1n) is 5.93. The molecule has 0 radical (unpaired) electrons. The van der Waals surface area contributed by atoms with Gasteiger partial charge in [0.15, 0.2) is 13.1 Å². The summed E-state index contributed by atoms with van der Waals surface area (Å²) in [5.41, 5.74) is 1.85. The van der Waals surface area contributed by atoms with Gasteiger partial charge in [0.05, 0.1) is 0 Å². The molecule has 0 unspecified atom stereocenters. The maximum Gasteiger partial charge on any atom is 0.188 e. The van der Waals surface area contributed by atoms with Crippen molar-refractivity contribution in [1.29, 1.82) is 0 Å². The maximum atomic E-state index is 11.1. The van der Waals surface area contributed by atoms with Crippen molar-refractivity contribution in [2.45, 2.75) is 13.3 Å². The van der Waals surface area contributed by atoms with Gasteiger partial charge in [-0.2, -0.15) is 0 Å². The third-order valence-electron chi connectivity index (χ3n) is 2.96. The minimum atomic E-state index is 0.202. The van der Waals surface area contributed by atoms with E-state index < -0.39 is 0 Å². The van der Waals surface area contributed by atoms with Gasteiger partial charge in [-0.25, -0.2) is 0 Å². The summed E-state index contributed by atoms with van der Waals surface area (Å²) in [7, 11) is 1.59. The molecule has 0 aliphatic heterocycles. The minimum absolute atomic E-state index is 0.202.